The van der Waals surface area contributed by atoms with Gasteiger partial charge in [-0.2, -0.15) is 0 Å². The summed E-state index contributed by atoms with van der Waals surface area (Å²) in [6, 6.07) is 0. The van der Waals surface area contributed by atoms with E-state index in [-0.39, 0.29) is 32.7 Å². The van der Waals surface area contributed by atoms with Gasteiger partial charge in [-0.1, -0.05) is 0 Å². The maximum absolute atomic E-state index is 7.33. The van der Waals surface area contributed by atoms with Crippen LogP contribution >= 0.6 is 0 Å². The molecule has 0 saturated heterocycles. The molecule has 0 amide bonds. The van der Waals surface area contributed by atoms with Crippen molar-refractivity contribution in [2.24, 2.45) is 0 Å². The summed E-state index contributed by atoms with van der Waals surface area (Å²) >= 11 is 0. The molecule has 6 heavy (non-hydrogen) atoms. The van der Waals surface area contributed by atoms with Crippen LogP contribution in [0.5, 0.6) is 0 Å². The topological polar surface area (TPSA) is 80.9 Å². The van der Waals surface area contributed by atoms with Crippen molar-refractivity contribution < 1.29 is 51.9 Å². The molecule has 0 bridgehead atoms. The molecule has 0 aliphatic rings. The fraction of sp³-hybridized carbons (Fsp3) is 0. The van der Waals surface area contributed by atoms with Crippen LogP contribution < -0.4 is 0 Å². The molecule has 0 saturated carbocycles. The predicted octanol–water partition coefficient (Wildman–Crippen LogP) is -2.61. The largest absolute Gasteiger partial charge is 0.668 e. The van der Waals surface area contributed by atoms with E-state index in [1.807, 2.05) is 0 Å². The minimum Gasteiger partial charge on any atom is -0.368 e. The molecule has 0 rings (SSSR count). The summed E-state index contributed by atoms with van der Waals surface area (Å²) in [5.74, 6) is 0. The van der Waals surface area contributed by atoms with E-state index in [0.717, 1.165) is 0 Å². The molecule has 0 aromatic rings. The molecule has 4 nitrogen and oxygen atoms in total. The molecule has 0 aliphatic carbocycles. The molecule has 0 atom stereocenters. The van der Waals surface area contributed by atoms with Crippen LogP contribution in [-0.2, 0) is 32.7 Å². The average Bonchev–Trinajstić information content (AvgIpc) is 0.722. The van der Waals surface area contributed by atoms with Crippen molar-refractivity contribution in [2.75, 3.05) is 0 Å². The second-order valence-corrected chi connectivity index (χ2v) is 1.80. The second-order valence-electron chi connectivity index (χ2n) is 0.600. The molecule has 0 heterocycles. The summed E-state index contributed by atoms with van der Waals surface area (Å²) < 4.78 is 0. The van der Waals surface area contributed by atoms with Gasteiger partial charge >= 0.3 is 9.05 Å². The second kappa shape index (κ2) is 3.20. The maximum Gasteiger partial charge on any atom is 0.668 e. The zero-order valence-electron chi connectivity index (χ0n) is 2.87. The molecule has 0 aliphatic heterocycles. The summed E-state index contributed by atoms with van der Waals surface area (Å²) in [4.78, 5) is 29.3. The van der Waals surface area contributed by atoms with Crippen molar-refractivity contribution in [1.82, 2.24) is 0 Å². The number of hydrogen-bond donors (Lipinski definition) is 4. The van der Waals surface area contributed by atoms with Crippen LogP contribution in [0.4, 0.5) is 0 Å². The third-order valence-corrected chi connectivity index (χ3v) is 0. The van der Waals surface area contributed by atoms with Crippen LogP contribution in [0.3, 0.4) is 0 Å². The first-order valence-electron chi connectivity index (χ1n) is 0.894. The quantitative estimate of drug-likeness (QED) is 0.312. The molecule has 0 unspecified atom stereocenters. The Morgan fingerprint density at radius 1 is 0.833 bits per heavy atom. The van der Waals surface area contributed by atoms with Gasteiger partial charge in [0.15, 0.2) is 0 Å². The first kappa shape index (κ1) is 10.2. The Bertz CT molecular complexity index is 23.0. The van der Waals surface area contributed by atoms with Gasteiger partial charge in [-0.25, -0.2) is 0 Å². The van der Waals surface area contributed by atoms with Crippen LogP contribution in [0.1, 0.15) is 0 Å². The smallest absolute Gasteiger partial charge is 0.368 e. The molecule has 1 radical (unpaired) electrons. The van der Waals surface area contributed by atoms with E-state index in [1.165, 1.54) is 0 Å². The first-order valence-corrected chi connectivity index (χ1v) is 2.68. The summed E-state index contributed by atoms with van der Waals surface area (Å²) in [5, 5.41) is 0. The van der Waals surface area contributed by atoms with E-state index in [4.69, 9.17) is 19.2 Å². The van der Waals surface area contributed by atoms with Gasteiger partial charge in [0.05, 0.1) is 0 Å². The van der Waals surface area contributed by atoms with Crippen LogP contribution in [0.2, 0.25) is 0 Å². The maximum atomic E-state index is 7.33. The van der Waals surface area contributed by atoms with Crippen molar-refractivity contribution >= 4 is 9.05 Å². The van der Waals surface area contributed by atoms with E-state index in [0.29, 0.717) is 0 Å². The summed E-state index contributed by atoms with van der Waals surface area (Å²) in [7, 11) is -4.61. The molecule has 0 fully saturated rings. The molecular weight excluding hydrogens is 181 g/mol. The molecule has 0 aromatic heterocycles. The molecule has 0 aromatic carbocycles. The van der Waals surface area contributed by atoms with Gasteiger partial charge in [-0.05, 0) is 0 Å². The van der Waals surface area contributed by atoms with Crippen molar-refractivity contribution in [3.63, 3.8) is 0 Å². The zero-order chi connectivity index (χ0) is 4.50. The fourth-order valence-electron chi connectivity index (χ4n) is 0. The predicted molar refractivity (Wildman–Crippen MR) is 14.6 cm³/mol. The van der Waals surface area contributed by atoms with E-state index >= 15 is 0 Å². The Kier molecular flexibility index (Phi) is 5.44. The number of rotatable bonds is 0. The van der Waals surface area contributed by atoms with Gasteiger partial charge in [-0.15, -0.1) is 0 Å². The third kappa shape index (κ3) is 66.3. The Morgan fingerprint density at radius 3 is 0.833 bits per heavy atom. The van der Waals surface area contributed by atoms with Crippen LogP contribution in [0.25, 0.3) is 0 Å². The summed E-state index contributed by atoms with van der Waals surface area (Å²) in [6.45, 7) is 0. The van der Waals surface area contributed by atoms with E-state index in [2.05, 4.69) is 0 Å². The van der Waals surface area contributed by atoms with Gasteiger partial charge in [0, 0.05) is 32.7 Å². The van der Waals surface area contributed by atoms with Crippen molar-refractivity contribution in [3.8, 4) is 0 Å². The van der Waals surface area contributed by atoms with Gasteiger partial charge in [0.1, 0.15) is 0 Å². The molecule has 0 spiro atoms. The van der Waals surface area contributed by atoms with Crippen LogP contribution in [-0.4, -0.2) is 28.2 Å². The SMILES string of the molecule is O[Si](O)(O)O.[Y]. The number of hydrogen-bond acceptors (Lipinski definition) is 4. The Labute approximate surface area is 60.8 Å². The van der Waals surface area contributed by atoms with E-state index in [9.17, 15) is 0 Å². The fourth-order valence-corrected chi connectivity index (χ4v) is 0. The van der Waals surface area contributed by atoms with Crippen LogP contribution in [0.15, 0.2) is 0 Å². The molecular formula is H4O4SiY. The normalized spacial score (nSPS) is 10.0. The summed E-state index contributed by atoms with van der Waals surface area (Å²) in [6.07, 6.45) is 0. The third-order valence-electron chi connectivity index (χ3n) is 0. The standard InChI is InChI=1S/H4O4Si.Y/c1-5(2,3)4;/h1-4H;. The first-order chi connectivity index (χ1) is 2.00. The molecule has 4 N–H and O–H groups in total. The van der Waals surface area contributed by atoms with Crippen molar-refractivity contribution in [3.05, 3.63) is 0 Å². The van der Waals surface area contributed by atoms with E-state index < -0.39 is 9.05 Å². The molecule has 35 valence electrons. The van der Waals surface area contributed by atoms with Crippen molar-refractivity contribution in [2.45, 2.75) is 0 Å². The monoisotopic (exact) mass is 185 g/mol. The summed E-state index contributed by atoms with van der Waals surface area (Å²) in [5.41, 5.74) is 0. The van der Waals surface area contributed by atoms with Gasteiger partial charge in [0.25, 0.3) is 0 Å². The van der Waals surface area contributed by atoms with Gasteiger partial charge in [0.2, 0.25) is 0 Å². The van der Waals surface area contributed by atoms with Gasteiger partial charge in [-0.3, -0.25) is 0 Å². The zero-order valence-corrected chi connectivity index (χ0v) is 6.70. The Morgan fingerprint density at radius 2 is 0.833 bits per heavy atom. The van der Waals surface area contributed by atoms with Crippen LogP contribution in [0, 0.1) is 0 Å². The van der Waals surface area contributed by atoms with Gasteiger partial charge < -0.3 is 19.2 Å². The minimum atomic E-state index is -4.61. The average molecular weight is 185 g/mol. The van der Waals surface area contributed by atoms with E-state index in [1.54, 1.807) is 0 Å². The van der Waals surface area contributed by atoms with Crippen molar-refractivity contribution in [1.29, 1.82) is 0 Å². The Balaban J connectivity index is 0. The minimum absolute atomic E-state index is 0. The Hall–Kier alpha value is 1.16. The molecule has 6 heteroatoms.